The van der Waals surface area contributed by atoms with Gasteiger partial charge < -0.3 is 0 Å². The second-order valence-electron chi connectivity index (χ2n) is 8.98. The summed E-state index contributed by atoms with van der Waals surface area (Å²) in [6.07, 6.45) is -1.68. The molecule has 1 aromatic carbocycles. The Balaban J connectivity index is 3.65. The zero-order chi connectivity index (χ0) is 18.8. The molecule has 0 heterocycles. The van der Waals surface area contributed by atoms with E-state index >= 15 is 0 Å². The molecule has 0 saturated heterocycles. The van der Waals surface area contributed by atoms with Crippen molar-refractivity contribution in [3.8, 4) is 0 Å². The van der Waals surface area contributed by atoms with Crippen LogP contribution in [0.3, 0.4) is 0 Å². The van der Waals surface area contributed by atoms with Gasteiger partial charge in [0, 0.05) is 16.6 Å². The highest BCUT2D eigenvalue weighted by Gasteiger charge is 2.46. The lowest BCUT2D eigenvalue weighted by Gasteiger charge is -2.48. The minimum atomic E-state index is -1.68. The zero-order valence-electron chi connectivity index (χ0n) is 17.3. The Morgan fingerprint density at radius 3 is 1.58 bits per heavy atom. The second-order valence-corrected chi connectivity index (χ2v) is 20.8. The van der Waals surface area contributed by atoms with E-state index in [1.54, 1.807) is 0 Å². The fourth-order valence-corrected chi connectivity index (χ4v) is 23.0. The Hall–Kier alpha value is 0.230. The third kappa shape index (κ3) is 5.12. The van der Waals surface area contributed by atoms with Crippen molar-refractivity contribution in [3.63, 3.8) is 0 Å². The molecule has 24 heavy (non-hydrogen) atoms. The highest BCUT2D eigenvalue weighted by molar-refractivity contribution is 8.87. The number of nitrogens with zero attached hydrogens (tertiary/aromatic N) is 1. The molecule has 0 saturated carbocycles. The van der Waals surface area contributed by atoms with Gasteiger partial charge >= 0.3 is 0 Å². The van der Waals surface area contributed by atoms with Gasteiger partial charge in [-0.25, -0.2) is 0 Å². The highest BCUT2D eigenvalue weighted by Crippen LogP contribution is 2.87. The fourth-order valence-electron chi connectivity index (χ4n) is 3.15. The van der Waals surface area contributed by atoms with Gasteiger partial charge in [0.05, 0.1) is 5.69 Å². The maximum Gasteiger partial charge on any atom is 0.0623 e. The molecule has 0 unspecified atom stereocenters. The van der Waals surface area contributed by atoms with Crippen molar-refractivity contribution in [3.05, 3.63) is 30.3 Å². The van der Waals surface area contributed by atoms with Crippen molar-refractivity contribution in [2.24, 2.45) is 4.74 Å². The van der Waals surface area contributed by atoms with Gasteiger partial charge in [0.2, 0.25) is 0 Å². The molecular weight excluding hydrogens is 348 g/mol. The van der Waals surface area contributed by atoms with Crippen LogP contribution < -0.4 is 0 Å². The van der Waals surface area contributed by atoms with Crippen LogP contribution >= 0.6 is 24.4 Å². The van der Waals surface area contributed by atoms with Crippen molar-refractivity contribution >= 4 is 30.1 Å². The van der Waals surface area contributed by atoms with E-state index in [1.165, 1.54) is 0 Å². The number of hydrogen-bond donors (Lipinski definition) is 0. The van der Waals surface area contributed by atoms with Crippen LogP contribution in [0.25, 0.3) is 0 Å². The summed E-state index contributed by atoms with van der Waals surface area (Å²) in [6, 6.07) is 10.6. The summed E-state index contributed by atoms with van der Waals surface area (Å²) >= 11 is 2.27. The van der Waals surface area contributed by atoms with Crippen LogP contribution in [-0.2, 0) is 0 Å². The van der Waals surface area contributed by atoms with E-state index in [0.717, 1.165) is 17.0 Å². The molecule has 0 aliphatic heterocycles. The van der Waals surface area contributed by atoms with E-state index in [0.29, 0.717) is 0 Å². The van der Waals surface area contributed by atoms with Gasteiger partial charge in [-0.1, -0.05) is 98.4 Å². The van der Waals surface area contributed by atoms with Crippen LogP contribution in [0.5, 0.6) is 0 Å². The molecule has 0 aliphatic carbocycles. The third-order valence-corrected chi connectivity index (χ3v) is 21.8. The van der Waals surface area contributed by atoms with Gasteiger partial charge in [0.25, 0.3) is 0 Å². The lowest BCUT2D eigenvalue weighted by molar-refractivity contribution is 0.710. The molecule has 0 amide bonds. The Labute approximate surface area is 156 Å². The van der Waals surface area contributed by atoms with Crippen LogP contribution in [-0.4, -0.2) is 21.6 Å². The summed E-state index contributed by atoms with van der Waals surface area (Å²) in [5.74, 6) is 0. The molecule has 0 aliphatic rings. The average molecular weight is 386 g/mol. The van der Waals surface area contributed by atoms with Crippen LogP contribution in [0.2, 0.25) is 0 Å². The Bertz CT molecular complexity index is 540. The predicted octanol–water partition coefficient (Wildman–Crippen LogP) is 8.98. The molecule has 1 rings (SSSR count). The minimum Gasteiger partial charge on any atom is -0.256 e. The van der Waals surface area contributed by atoms with Crippen molar-refractivity contribution in [2.75, 3.05) is 0 Å². The lowest BCUT2D eigenvalue weighted by Crippen LogP contribution is -2.27. The molecule has 0 spiro atoms. The first-order valence-corrected chi connectivity index (χ1v) is 14.2. The molecular formula is C20H37NP2S. The molecule has 0 N–H and O–H groups in total. The Morgan fingerprint density at radius 1 is 0.833 bits per heavy atom. The minimum absolute atomic E-state index is 0.119. The molecule has 138 valence electrons. The summed E-state index contributed by atoms with van der Waals surface area (Å²) in [7, 11) is -0.119. The van der Waals surface area contributed by atoms with Gasteiger partial charge in [-0.2, -0.15) is 0 Å². The van der Waals surface area contributed by atoms with E-state index < -0.39 is 6.26 Å². The zero-order valence-corrected chi connectivity index (χ0v) is 19.9. The fraction of sp³-hybridized carbons (Fsp3) is 0.700. The largest absolute Gasteiger partial charge is 0.256 e. The summed E-state index contributed by atoms with van der Waals surface area (Å²) in [5.41, 5.74) is 2.59. The monoisotopic (exact) mass is 385 g/mol. The normalized spacial score (nSPS) is 13.9. The third-order valence-electron chi connectivity index (χ3n) is 4.06. The van der Waals surface area contributed by atoms with E-state index in [4.69, 9.17) is 4.74 Å². The maximum atomic E-state index is 5.53. The van der Waals surface area contributed by atoms with Crippen LogP contribution in [0, 0.1) is 0 Å². The summed E-state index contributed by atoms with van der Waals surface area (Å²) in [4.78, 5) is 0. The van der Waals surface area contributed by atoms with Crippen molar-refractivity contribution in [1.82, 2.24) is 0 Å². The Kier molecular flexibility index (Phi) is 7.69. The molecule has 0 radical (unpaired) electrons. The number of rotatable bonds is 5. The molecule has 0 atom stereocenters. The second kappa shape index (κ2) is 8.28. The van der Waals surface area contributed by atoms with Gasteiger partial charge in [0.15, 0.2) is 0 Å². The molecule has 1 aromatic rings. The van der Waals surface area contributed by atoms with Gasteiger partial charge in [-0.15, -0.1) is 0 Å². The molecule has 0 aromatic heterocycles. The lowest BCUT2D eigenvalue weighted by atomic mass is 10.2. The number of benzene rings is 1. The molecule has 0 bridgehead atoms. The smallest absolute Gasteiger partial charge is 0.0623 e. The molecule has 4 heteroatoms. The van der Waals surface area contributed by atoms with Crippen LogP contribution in [0.4, 0.5) is 5.69 Å². The maximum absolute atomic E-state index is 5.53. The quantitative estimate of drug-likeness (QED) is 0.461. The van der Waals surface area contributed by atoms with Crippen molar-refractivity contribution in [2.45, 2.75) is 90.9 Å². The SMILES string of the molecule is CC(C)P(SP(=Nc1ccccc1)(C(C)(C)C)C(C)(C)C)C(C)C. The van der Waals surface area contributed by atoms with Gasteiger partial charge in [-0.3, -0.25) is 4.74 Å². The van der Waals surface area contributed by atoms with Crippen LogP contribution in [0.1, 0.15) is 69.2 Å². The van der Waals surface area contributed by atoms with E-state index in [2.05, 4.69) is 111 Å². The van der Waals surface area contributed by atoms with Crippen molar-refractivity contribution < 1.29 is 0 Å². The Morgan fingerprint density at radius 2 is 1.25 bits per heavy atom. The highest BCUT2D eigenvalue weighted by atomic mass is 33.1. The van der Waals surface area contributed by atoms with Crippen LogP contribution in [0.15, 0.2) is 35.1 Å². The standard InChI is InChI=1S/C20H37NP2S/c1-16(2)22(17(3)4)24-23(19(5,6)7,20(8,9)10)21-18-14-12-11-13-15-18/h11-17H,1-10H3. The topological polar surface area (TPSA) is 12.4 Å². The number of hydrogen-bond acceptors (Lipinski definition) is 2. The summed E-state index contributed by atoms with van der Waals surface area (Å²) in [6.45, 7) is 24.0. The average Bonchev–Trinajstić information content (AvgIpc) is 2.40. The molecule has 0 fully saturated rings. The van der Waals surface area contributed by atoms with Gasteiger partial charge in [-0.05, 0) is 30.6 Å². The van der Waals surface area contributed by atoms with Gasteiger partial charge in [0.1, 0.15) is 0 Å². The first-order valence-electron chi connectivity index (χ1n) is 8.97. The van der Waals surface area contributed by atoms with Crippen molar-refractivity contribution in [1.29, 1.82) is 0 Å². The predicted molar refractivity (Wildman–Crippen MR) is 120 cm³/mol. The summed E-state index contributed by atoms with van der Waals surface area (Å²) < 4.78 is 5.53. The van der Waals surface area contributed by atoms with E-state index in [1.807, 2.05) is 0 Å². The first-order chi connectivity index (χ1) is 10.8. The van der Waals surface area contributed by atoms with E-state index in [-0.39, 0.29) is 17.4 Å². The first kappa shape index (κ1) is 22.3. The summed E-state index contributed by atoms with van der Waals surface area (Å²) in [5, 5.41) is 0.353. The van der Waals surface area contributed by atoms with E-state index in [9.17, 15) is 0 Å². The molecule has 1 nitrogen and oxygen atoms in total.